The molecular weight excluding hydrogens is 410 g/mol. The molecule has 1 aliphatic heterocycles. The molecule has 0 spiro atoms. The molecule has 0 aliphatic carbocycles. The summed E-state index contributed by atoms with van der Waals surface area (Å²) in [6, 6.07) is 8.17. The zero-order chi connectivity index (χ0) is 21.7. The Morgan fingerprint density at radius 1 is 1.23 bits per heavy atom. The first-order valence-corrected chi connectivity index (χ1v) is 9.45. The largest absolute Gasteiger partial charge is 0.493 e. The van der Waals surface area contributed by atoms with E-state index in [1.165, 1.54) is 20.3 Å². The summed E-state index contributed by atoms with van der Waals surface area (Å²) in [5, 5.41) is -0.402. The van der Waals surface area contributed by atoms with Crippen LogP contribution in [0.25, 0.3) is 6.08 Å². The van der Waals surface area contributed by atoms with Crippen LogP contribution in [-0.2, 0) is 16.1 Å². The second-order valence-corrected chi connectivity index (χ2v) is 6.92. The van der Waals surface area contributed by atoms with Crippen LogP contribution in [0, 0.1) is 12.3 Å². The van der Waals surface area contributed by atoms with E-state index in [-0.39, 0.29) is 23.8 Å². The predicted octanol–water partition coefficient (Wildman–Crippen LogP) is 3.32. The molecule has 3 rings (SSSR count). The van der Waals surface area contributed by atoms with Gasteiger partial charge in [0.1, 0.15) is 12.4 Å². The maximum absolute atomic E-state index is 12.3. The minimum absolute atomic E-state index is 0.0669. The van der Waals surface area contributed by atoms with E-state index in [0.29, 0.717) is 22.8 Å². The van der Waals surface area contributed by atoms with Crippen LogP contribution >= 0.6 is 11.8 Å². The average molecular weight is 427 g/mol. The summed E-state index contributed by atoms with van der Waals surface area (Å²) in [5.74, 6) is 2.66. The highest BCUT2D eigenvalue weighted by atomic mass is 32.2. The fourth-order valence-electron chi connectivity index (χ4n) is 2.59. The number of furan rings is 1. The van der Waals surface area contributed by atoms with E-state index in [4.69, 9.17) is 20.3 Å². The number of methoxy groups -OCH3 is 2. The van der Waals surface area contributed by atoms with E-state index in [1.54, 1.807) is 30.3 Å². The minimum atomic E-state index is -0.574. The standard InChI is InChI=1S/C21H17NO7S/c1-4-9-22-19(23)18(30-21(22)25)11-13-5-7-15(17(10-13)26-2)28-12-14-6-8-16(29-14)20(24)27-3/h1,5-8,10-11H,9,12H2,2-3H3/b18-11+. The Hall–Kier alpha value is -3.64. The third-order valence-corrected chi connectivity index (χ3v) is 4.93. The normalized spacial score (nSPS) is 14.7. The van der Waals surface area contributed by atoms with Gasteiger partial charge in [0.15, 0.2) is 11.5 Å². The number of ether oxygens (including phenoxy) is 3. The molecule has 1 aromatic heterocycles. The van der Waals surface area contributed by atoms with Gasteiger partial charge in [0, 0.05) is 0 Å². The molecule has 0 atom stereocenters. The van der Waals surface area contributed by atoms with E-state index in [0.717, 1.165) is 16.7 Å². The van der Waals surface area contributed by atoms with Crippen molar-refractivity contribution in [3.8, 4) is 23.8 Å². The number of benzene rings is 1. The Bertz CT molecular complexity index is 1060. The first-order chi connectivity index (χ1) is 14.5. The molecule has 1 aromatic carbocycles. The third kappa shape index (κ3) is 4.50. The summed E-state index contributed by atoms with van der Waals surface area (Å²) in [7, 11) is 2.75. The molecular formula is C21H17NO7S. The number of carbonyl (C=O) groups is 3. The maximum atomic E-state index is 12.3. The number of thioether (sulfide) groups is 1. The van der Waals surface area contributed by atoms with Crippen molar-refractivity contribution >= 4 is 35.0 Å². The molecule has 0 unspecified atom stereocenters. The molecule has 8 nitrogen and oxygen atoms in total. The van der Waals surface area contributed by atoms with Crippen LogP contribution in [0.4, 0.5) is 4.79 Å². The van der Waals surface area contributed by atoms with E-state index in [2.05, 4.69) is 10.7 Å². The van der Waals surface area contributed by atoms with Gasteiger partial charge in [-0.1, -0.05) is 12.0 Å². The molecule has 1 aliphatic rings. The summed E-state index contributed by atoms with van der Waals surface area (Å²) in [6.07, 6.45) is 6.78. The molecule has 2 amide bonds. The number of imide groups is 1. The fraction of sp³-hybridized carbons (Fsp3) is 0.190. The van der Waals surface area contributed by atoms with Crippen LogP contribution in [0.3, 0.4) is 0 Å². The molecule has 0 radical (unpaired) electrons. The quantitative estimate of drug-likeness (QED) is 0.377. The first-order valence-electron chi connectivity index (χ1n) is 8.63. The van der Waals surface area contributed by atoms with Crippen LogP contribution in [0.15, 0.2) is 39.7 Å². The Morgan fingerprint density at radius 2 is 2.03 bits per heavy atom. The van der Waals surface area contributed by atoms with Crippen molar-refractivity contribution in [1.29, 1.82) is 0 Å². The lowest BCUT2D eigenvalue weighted by molar-refractivity contribution is -0.122. The van der Waals surface area contributed by atoms with Crippen LogP contribution < -0.4 is 9.47 Å². The average Bonchev–Trinajstić information content (AvgIpc) is 3.33. The van der Waals surface area contributed by atoms with Crippen molar-refractivity contribution < 1.29 is 33.0 Å². The summed E-state index contributed by atoms with van der Waals surface area (Å²) in [6.45, 7) is 0.000254. The van der Waals surface area contributed by atoms with Gasteiger partial charge in [0.25, 0.3) is 11.1 Å². The van der Waals surface area contributed by atoms with Gasteiger partial charge in [-0.15, -0.1) is 6.42 Å². The lowest BCUT2D eigenvalue weighted by Gasteiger charge is -2.10. The topological polar surface area (TPSA) is 95.3 Å². The molecule has 1 fully saturated rings. The van der Waals surface area contributed by atoms with Crippen LogP contribution in [0.5, 0.6) is 11.5 Å². The highest BCUT2D eigenvalue weighted by molar-refractivity contribution is 8.18. The second kappa shape index (κ2) is 9.24. The number of esters is 1. The van der Waals surface area contributed by atoms with Gasteiger partial charge in [0.05, 0.1) is 25.7 Å². The van der Waals surface area contributed by atoms with E-state index >= 15 is 0 Å². The number of hydrogen-bond donors (Lipinski definition) is 0. The van der Waals surface area contributed by atoms with Gasteiger partial charge in [-0.05, 0) is 47.7 Å². The lowest BCUT2D eigenvalue weighted by atomic mass is 10.2. The Kier molecular flexibility index (Phi) is 6.49. The molecule has 2 aromatic rings. The summed E-state index contributed by atoms with van der Waals surface area (Å²) in [5.41, 5.74) is 0.649. The fourth-order valence-corrected chi connectivity index (χ4v) is 3.43. The number of amides is 2. The summed E-state index contributed by atoms with van der Waals surface area (Å²) < 4.78 is 21.0. The lowest BCUT2D eigenvalue weighted by Crippen LogP contribution is -2.28. The molecule has 154 valence electrons. The SMILES string of the molecule is C#CCN1C(=O)S/C(=C/c2ccc(OCc3ccc(C(=O)OC)o3)c(OC)c2)C1=O. The number of carbonyl (C=O) groups excluding carboxylic acids is 3. The van der Waals surface area contributed by atoms with Gasteiger partial charge in [-0.2, -0.15) is 0 Å². The summed E-state index contributed by atoms with van der Waals surface area (Å²) >= 11 is 0.829. The van der Waals surface area contributed by atoms with Crippen molar-refractivity contribution in [2.24, 2.45) is 0 Å². The molecule has 2 heterocycles. The van der Waals surface area contributed by atoms with Gasteiger partial charge in [-0.3, -0.25) is 14.5 Å². The van der Waals surface area contributed by atoms with E-state index in [1.807, 2.05) is 0 Å². The van der Waals surface area contributed by atoms with Gasteiger partial charge in [0.2, 0.25) is 5.76 Å². The van der Waals surface area contributed by atoms with Crippen molar-refractivity contribution in [3.05, 3.63) is 52.3 Å². The number of rotatable bonds is 7. The number of terminal acetylenes is 1. The zero-order valence-electron chi connectivity index (χ0n) is 16.2. The van der Waals surface area contributed by atoms with Crippen molar-refractivity contribution in [2.45, 2.75) is 6.61 Å². The van der Waals surface area contributed by atoms with Crippen LogP contribution in [-0.4, -0.2) is 42.8 Å². The number of hydrogen-bond acceptors (Lipinski definition) is 8. The third-order valence-electron chi connectivity index (χ3n) is 4.03. The highest BCUT2D eigenvalue weighted by Gasteiger charge is 2.34. The smallest absolute Gasteiger partial charge is 0.373 e. The van der Waals surface area contributed by atoms with Gasteiger partial charge in [-0.25, -0.2) is 4.79 Å². The second-order valence-electron chi connectivity index (χ2n) is 5.93. The molecule has 30 heavy (non-hydrogen) atoms. The highest BCUT2D eigenvalue weighted by Crippen LogP contribution is 2.34. The predicted molar refractivity (Wildman–Crippen MR) is 109 cm³/mol. The minimum Gasteiger partial charge on any atom is -0.493 e. The summed E-state index contributed by atoms with van der Waals surface area (Å²) in [4.78, 5) is 36.9. The number of nitrogens with zero attached hydrogens (tertiary/aromatic N) is 1. The Labute approximate surface area is 176 Å². The molecule has 0 N–H and O–H groups in total. The Morgan fingerprint density at radius 3 is 2.73 bits per heavy atom. The first kappa shape index (κ1) is 21.1. The molecule has 1 saturated heterocycles. The molecule has 0 bridgehead atoms. The van der Waals surface area contributed by atoms with Crippen molar-refractivity contribution in [3.63, 3.8) is 0 Å². The van der Waals surface area contributed by atoms with Crippen LogP contribution in [0.2, 0.25) is 0 Å². The van der Waals surface area contributed by atoms with Gasteiger partial charge < -0.3 is 18.6 Å². The Balaban J connectivity index is 1.73. The van der Waals surface area contributed by atoms with Crippen molar-refractivity contribution in [2.75, 3.05) is 20.8 Å². The molecule has 9 heteroatoms. The van der Waals surface area contributed by atoms with Crippen LogP contribution in [0.1, 0.15) is 21.9 Å². The van der Waals surface area contributed by atoms with Crippen molar-refractivity contribution in [1.82, 2.24) is 4.90 Å². The monoisotopic (exact) mass is 427 g/mol. The zero-order valence-corrected chi connectivity index (χ0v) is 17.0. The maximum Gasteiger partial charge on any atom is 0.373 e. The van der Waals surface area contributed by atoms with E-state index < -0.39 is 17.1 Å². The van der Waals surface area contributed by atoms with E-state index in [9.17, 15) is 14.4 Å². The molecule has 0 saturated carbocycles. The van der Waals surface area contributed by atoms with Gasteiger partial charge >= 0.3 is 5.97 Å².